The van der Waals surface area contributed by atoms with Gasteiger partial charge in [0.25, 0.3) is 5.69 Å². The van der Waals surface area contributed by atoms with E-state index in [-0.39, 0.29) is 11.7 Å². The zero-order valence-electron chi connectivity index (χ0n) is 14.7. The third-order valence-electron chi connectivity index (χ3n) is 4.82. The number of hydrogen-bond donors (Lipinski definition) is 0. The summed E-state index contributed by atoms with van der Waals surface area (Å²) < 4.78 is 37.9. The van der Waals surface area contributed by atoms with Gasteiger partial charge < -0.3 is 4.90 Å². The summed E-state index contributed by atoms with van der Waals surface area (Å²) in [4.78, 5) is 18.6. The predicted octanol–water partition coefficient (Wildman–Crippen LogP) is 3.89. The zero-order chi connectivity index (χ0) is 19.6. The summed E-state index contributed by atoms with van der Waals surface area (Å²) in [5.74, 6) is 0.519. The number of anilines is 1. The molecule has 2 heterocycles. The second-order valence-corrected chi connectivity index (χ2v) is 6.45. The van der Waals surface area contributed by atoms with Crippen LogP contribution in [0.1, 0.15) is 24.1 Å². The van der Waals surface area contributed by atoms with Crippen LogP contribution in [0.15, 0.2) is 42.6 Å². The van der Waals surface area contributed by atoms with Gasteiger partial charge in [0.05, 0.1) is 10.5 Å². The third-order valence-corrected chi connectivity index (χ3v) is 4.82. The lowest BCUT2D eigenvalue weighted by Crippen LogP contribution is -2.47. The Morgan fingerprint density at radius 2 is 1.85 bits per heavy atom. The van der Waals surface area contributed by atoms with Crippen molar-refractivity contribution in [2.75, 3.05) is 31.1 Å². The Balaban J connectivity index is 1.63. The maximum atomic E-state index is 12.6. The van der Waals surface area contributed by atoms with Crippen molar-refractivity contribution in [2.24, 2.45) is 0 Å². The first-order chi connectivity index (χ1) is 12.8. The molecule has 1 saturated heterocycles. The molecule has 1 aromatic carbocycles. The molecule has 9 heteroatoms. The molecule has 1 aromatic heterocycles. The maximum absolute atomic E-state index is 12.6. The fourth-order valence-corrected chi connectivity index (χ4v) is 3.19. The highest BCUT2D eigenvalue weighted by molar-refractivity contribution is 5.41. The van der Waals surface area contributed by atoms with Crippen molar-refractivity contribution in [1.29, 1.82) is 0 Å². The number of benzene rings is 1. The van der Waals surface area contributed by atoms with Gasteiger partial charge in [-0.05, 0) is 24.6 Å². The largest absolute Gasteiger partial charge is 0.417 e. The minimum Gasteiger partial charge on any atom is -0.354 e. The first-order valence-corrected chi connectivity index (χ1v) is 8.52. The summed E-state index contributed by atoms with van der Waals surface area (Å²) in [6.45, 7) is 4.61. The summed E-state index contributed by atoms with van der Waals surface area (Å²) in [6.07, 6.45) is -3.54. The molecule has 0 spiro atoms. The van der Waals surface area contributed by atoms with Crippen molar-refractivity contribution >= 4 is 11.5 Å². The van der Waals surface area contributed by atoms with Crippen LogP contribution in [-0.2, 0) is 6.18 Å². The Labute approximate surface area is 154 Å². The quantitative estimate of drug-likeness (QED) is 0.595. The highest BCUT2D eigenvalue weighted by Gasteiger charge is 2.31. The average molecular weight is 380 g/mol. The molecule has 0 radical (unpaired) electrons. The van der Waals surface area contributed by atoms with Gasteiger partial charge in [0, 0.05) is 50.6 Å². The van der Waals surface area contributed by atoms with E-state index in [0.717, 1.165) is 17.8 Å². The molecule has 1 fully saturated rings. The van der Waals surface area contributed by atoms with Crippen LogP contribution in [0.3, 0.4) is 0 Å². The molecule has 0 bridgehead atoms. The highest BCUT2D eigenvalue weighted by Crippen LogP contribution is 2.30. The second kappa shape index (κ2) is 7.51. The van der Waals surface area contributed by atoms with Crippen molar-refractivity contribution in [3.8, 4) is 0 Å². The van der Waals surface area contributed by atoms with Crippen LogP contribution in [0, 0.1) is 10.1 Å². The van der Waals surface area contributed by atoms with Crippen molar-refractivity contribution in [2.45, 2.75) is 19.1 Å². The Bertz CT molecular complexity index is 803. The molecule has 6 nitrogen and oxygen atoms in total. The molecule has 2 aromatic rings. The molecule has 0 unspecified atom stereocenters. The van der Waals surface area contributed by atoms with Gasteiger partial charge in [-0.1, -0.05) is 12.1 Å². The van der Waals surface area contributed by atoms with E-state index in [1.807, 2.05) is 17.9 Å². The van der Waals surface area contributed by atoms with E-state index in [4.69, 9.17) is 0 Å². The predicted molar refractivity (Wildman–Crippen MR) is 94.5 cm³/mol. The highest BCUT2D eigenvalue weighted by atomic mass is 19.4. The van der Waals surface area contributed by atoms with E-state index in [1.165, 1.54) is 12.1 Å². The van der Waals surface area contributed by atoms with Crippen molar-refractivity contribution in [3.05, 3.63) is 63.8 Å². The fourth-order valence-electron chi connectivity index (χ4n) is 3.19. The minimum absolute atomic E-state index is 0.00705. The molecule has 0 saturated carbocycles. The number of rotatable bonds is 4. The molecule has 0 N–H and O–H groups in total. The van der Waals surface area contributed by atoms with Gasteiger partial charge in [-0.2, -0.15) is 13.2 Å². The second-order valence-electron chi connectivity index (χ2n) is 6.45. The van der Waals surface area contributed by atoms with Gasteiger partial charge in [0.1, 0.15) is 5.82 Å². The number of nitro benzene ring substituents is 1. The molecular formula is C18H19F3N4O2. The number of nitrogens with zero attached hydrogens (tertiary/aromatic N) is 4. The number of hydrogen-bond acceptors (Lipinski definition) is 5. The van der Waals surface area contributed by atoms with Crippen LogP contribution in [0.4, 0.5) is 24.7 Å². The lowest BCUT2D eigenvalue weighted by atomic mass is 10.1. The van der Waals surface area contributed by atoms with Gasteiger partial charge in [-0.15, -0.1) is 0 Å². The average Bonchev–Trinajstić information content (AvgIpc) is 2.67. The number of nitro groups is 1. The monoisotopic (exact) mass is 380 g/mol. The summed E-state index contributed by atoms with van der Waals surface area (Å²) in [6, 6.07) is 9.02. The smallest absolute Gasteiger partial charge is 0.354 e. The van der Waals surface area contributed by atoms with Crippen LogP contribution in [-0.4, -0.2) is 41.0 Å². The third kappa shape index (κ3) is 4.36. The number of pyridine rings is 1. The van der Waals surface area contributed by atoms with Gasteiger partial charge in [-0.25, -0.2) is 4.98 Å². The number of non-ortho nitro benzene ring substituents is 1. The van der Waals surface area contributed by atoms with Gasteiger partial charge >= 0.3 is 6.18 Å². The Kier molecular flexibility index (Phi) is 5.31. The Hall–Kier alpha value is -2.68. The SMILES string of the molecule is C[C@H](c1cccc([N+](=O)[O-])c1)N1CCN(c2ccc(C(F)(F)F)cn2)CC1. The van der Waals surface area contributed by atoms with Crippen LogP contribution in [0.5, 0.6) is 0 Å². The number of alkyl halides is 3. The first kappa shape index (κ1) is 19.1. The molecule has 0 amide bonds. The lowest BCUT2D eigenvalue weighted by molar-refractivity contribution is -0.385. The Morgan fingerprint density at radius 3 is 2.41 bits per heavy atom. The van der Waals surface area contributed by atoms with Crippen molar-refractivity contribution in [1.82, 2.24) is 9.88 Å². The van der Waals surface area contributed by atoms with E-state index in [0.29, 0.717) is 32.0 Å². The van der Waals surface area contributed by atoms with Gasteiger partial charge in [0.15, 0.2) is 0 Å². The van der Waals surface area contributed by atoms with Gasteiger partial charge in [0.2, 0.25) is 0 Å². The van der Waals surface area contributed by atoms with Gasteiger partial charge in [-0.3, -0.25) is 15.0 Å². The summed E-state index contributed by atoms with van der Waals surface area (Å²) in [7, 11) is 0. The molecule has 1 aliphatic heterocycles. The maximum Gasteiger partial charge on any atom is 0.417 e. The van der Waals surface area contributed by atoms with Crippen LogP contribution in [0.25, 0.3) is 0 Å². The van der Waals surface area contributed by atoms with E-state index in [2.05, 4.69) is 9.88 Å². The number of piperazine rings is 1. The minimum atomic E-state index is -4.39. The molecule has 0 aliphatic carbocycles. The fraction of sp³-hybridized carbons (Fsp3) is 0.389. The summed E-state index contributed by atoms with van der Waals surface area (Å²) >= 11 is 0. The topological polar surface area (TPSA) is 62.5 Å². The van der Waals surface area contributed by atoms with E-state index >= 15 is 0 Å². The normalized spacial score (nSPS) is 17.0. The lowest BCUT2D eigenvalue weighted by Gasteiger charge is -2.38. The summed E-state index contributed by atoms with van der Waals surface area (Å²) in [5, 5.41) is 10.9. The molecular weight excluding hydrogens is 361 g/mol. The van der Waals surface area contributed by atoms with E-state index < -0.39 is 16.7 Å². The number of halogens is 3. The van der Waals surface area contributed by atoms with Crippen LogP contribution in [0.2, 0.25) is 0 Å². The van der Waals surface area contributed by atoms with Crippen LogP contribution < -0.4 is 4.90 Å². The standard InChI is InChI=1S/C18H19F3N4O2/c1-13(14-3-2-4-16(11-14)25(26)27)23-7-9-24(10-8-23)17-6-5-15(12-22-17)18(19,20)21/h2-6,11-13H,7-10H2,1H3/t13-/m1/s1. The van der Waals surface area contributed by atoms with Crippen molar-refractivity contribution < 1.29 is 18.1 Å². The Morgan fingerprint density at radius 1 is 1.15 bits per heavy atom. The molecule has 1 atom stereocenters. The number of aromatic nitrogens is 1. The first-order valence-electron chi connectivity index (χ1n) is 8.52. The molecule has 27 heavy (non-hydrogen) atoms. The molecule has 1 aliphatic rings. The molecule has 3 rings (SSSR count). The van der Waals surface area contributed by atoms with E-state index in [1.54, 1.807) is 12.1 Å². The van der Waals surface area contributed by atoms with E-state index in [9.17, 15) is 23.3 Å². The van der Waals surface area contributed by atoms with Crippen molar-refractivity contribution in [3.63, 3.8) is 0 Å². The molecule has 144 valence electrons. The zero-order valence-corrected chi connectivity index (χ0v) is 14.7. The summed E-state index contributed by atoms with van der Waals surface area (Å²) in [5.41, 5.74) is 0.168. The van der Waals surface area contributed by atoms with Crippen LogP contribution >= 0.6 is 0 Å².